The average molecular weight is 259 g/mol. The monoisotopic (exact) mass is 259 g/mol. The fraction of sp³-hybridized carbons (Fsp3) is 0.600. The number of hydrogen-bond donors (Lipinski definition) is 1. The summed E-state index contributed by atoms with van der Waals surface area (Å²) in [5.74, 6) is 1.25. The maximum Gasteiger partial charge on any atom is 0.144 e. The Morgan fingerprint density at radius 1 is 1.47 bits per heavy atom. The Morgan fingerprint density at radius 2 is 2.32 bits per heavy atom. The molecule has 0 saturated heterocycles. The summed E-state index contributed by atoms with van der Waals surface area (Å²) in [5, 5.41) is 12.4. The SMILES string of the molecule is CC(C)COCCNc1nc2c(cc1C#N)CCC2. The maximum absolute atomic E-state index is 9.16. The molecule has 0 radical (unpaired) electrons. The molecule has 2 rings (SSSR count). The first-order chi connectivity index (χ1) is 9.20. The molecule has 0 fully saturated rings. The molecule has 0 aliphatic heterocycles. The quantitative estimate of drug-likeness (QED) is 0.798. The third-order valence-electron chi connectivity index (χ3n) is 3.16. The summed E-state index contributed by atoms with van der Waals surface area (Å²) in [4.78, 5) is 4.57. The molecule has 4 nitrogen and oxygen atoms in total. The van der Waals surface area contributed by atoms with E-state index in [1.54, 1.807) is 0 Å². The van der Waals surface area contributed by atoms with Crippen molar-refractivity contribution >= 4 is 5.82 Å². The van der Waals surface area contributed by atoms with Crippen molar-refractivity contribution in [3.05, 3.63) is 22.9 Å². The first-order valence-electron chi connectivity index (χ1n) is 6.95. The van der Waals surface area contributed by atoms with Crippen LogP contribution in [-0.4, -0.2) is 24.7 Å². The number of nitriles is 1. The number of anilines is 1. The lowest BCUT2D eigenvalue weighted by Crippen LogP contribution is -2.14. The fourth-order valence-corrected chi connectivity index (χ4v) is 2.25. The topological polar surface area (TPSA) is 57.9 Å². The summed E-state index contributed by atoms with van der Waals surface area (Å²) in [7, 11) is 0. The van der Waals surface area contributed by atoms with E-state index in [-0.39, 0.29) is 0 Å². The molecule has 4 heteroatoms. The van der Waals surface area contributed by atoms with Crippen molar-refractivity contribution in [2.45, 2.75) is 33.1 Å². The summed E-state index contributed by atoms with van der Waals surface area (Å²) < 4.78 is 5.51. The number of fused-ring (bicyclic) bond motifs is 1. The van der Waals surface area contributed by atoms with E-state index in [4.69, 9.17) is 10.00 Å². The van der Waals surface area contributed by atoms with Crippen molar-refractivity contribution in [2.24, 2.45) is 5.92 Å². The minimum Gasteiger partial charge on any atom is -0.379 e. The van der Waals surface area contributed by atoms with Gasteiger partial charge in [0.05, 0.1) is 12.2 Å². The van der Waals surface area contributed by atoms with Gasteiger partial charge in [0, 0.05) is 18.8 Å². The number of aromatic nitrogens is 1. The molecule has 0 atom stereocenters. The second-order valence-electron chi connectivity index (χ2n) is 5.35. The lowest BCUT2D eigenvalue weighted by molar-refractivity contribution is 0.118. The van der Waals surface area contributed by atoms with Crippen LogP contribution in [0.1, 0.15) is 37.1 Å². The Morgan fingerprint density at radius 3 is 3.05 bits per heavy atom. The molecular formula is C15H21N3O. The van der Waals surface area contributed by atoms with E-state index in [1.165, 1.54) is 5.56 Å². The van der Waals surface area contributed by atoms with Crippen molar-refractivity contribution in [1.29, 1.82) is 5.26 Å². The van der Waals surface area contributed by atoms with Crippen molar-refractivity contribution in [3.63, 3.8) is 0 Å². The summed E-state index contributed by atoms with van der Waals surface area (Å²) in [6, 6.07) is 4.20. The summed E-state index contributed by atoms with van der Waals surface area (Å²) >= 11 is 0. The highest BCUT2D eigenvalue weighted by molar-refractivity contribution is 5.55. The Labute approximate surface area is 114 Å². The minimum atomic E-state index is 0.549. The lowest BCUT2D eigenvalue weighted by atomic mass is 10.1. The highest BCUT2D eigenvalue weighted by Gasteiger charge is 2.16. The molecule has 1 N–H and O–H groups in total. The smallest absolute Gasteiger partial charge is 0.144 e. The van der Waals surface area contributed by atoms with Gasteiger partial charge in [-0.3, -0.25) is 0 Å². The summed E-state index contributed by atoms with van der Waals surface area (Å²) in [6.07, 6.45) is 3.22. The maximum atomic E-state index is 9.16. The van der Waals surface area contributed by atoms with Crippen molar-refractivity contribution < 1.29 is 4.74 Å². The molecule has 1 aromatic rings. The highest BCUT2D eigenvalue weighted by Crippen LogP contribution is 2.24. The molecule has 19 heavy (non-hydrogen) atoms. The molecular weight excluding hydrogens is 238 g/mol. The second-order valence-corrected chi connectivity index (χ2v) is 5.35. The van der Waals surface area contributed by atoms with Crippen LogP contribution in [0.3, 0.4) is 0 Å². The Bertz CT molecular complexity index is 477. The largest absolute Gasteiger partial charge is 0.379 e. The fourth-order valence-electron chi connectivity index (χ4n) is 2.25. The summed E-state index contributed by atoms with van der Waals surface area (Å²) in [6.45, 7) is 6.35. The molecule has 0 saturated carbocycles. The van der Waals surface area contributed by atoms with Crippen LogP contribution >= 0.6 is 0 Å². The molecule has 102 valence electrons. The molecule has 1 aliphatic rings. The van der Waals surface area contributed by atoms with Gasteiger partial charge in [-0.15, -0.1) is 0 Å². The number of nitrogens with zero attached hydrogens (tertiary/aromatic N) is 2. The predicted molar refractivity (Wildman–Crippen MR) is 75.1 cm³/mol. The molecule has 0 amide bonds. The van der Waals surface area contributed by atoms with Gasteiger partial charge in [-0.05, 0) is 36.8 Å². The third-order valence-corrected chi connectivity index (χ3v) is 3.16. The van der Waals surface area contributed by atoms with Gasteiger partial charge < -0.3 is 10.1 Å². The highest BCUT2D eigenvalue weighted by atomic mass is 16.5. The number of ether oxygens (including phenoxy) is 1. The Hall–Kier alpha value is -1.60. The van der Waals surface area contributed by atoms with Gasteiger partial charge in [-0.2, -0.15) is 5.26 Å². The number of pyridine rings is 1. The van der Waals surface area contributed by atoms with Crippen molar-refractivity contribution in [3.8, 4) is 6.07 Å². The zero-order valence-corrected chi connectivity index (χ0v) is 11.7. The molecule has 0 spiro atoms. The normalized spacial score (nSPS) is 13.4. The van der Waals surface area contributed by atoms with Crippen LogP contribution in [0.4, 0.5) is 5.82 Å². The first kappa shape index (κ1) is 13.8. The van der Waals surface area contributed by atoms with Gasteiger partial charge in [0.1, 0.15) is 11.9 Å². The molecule has 1 heterocycles. The van der Waals surface area contributed by atoms with Crippen LogP contribution in [-0.2, 0) is 17.6 Å². The molecule has 1 aromatic heterocycles. The van der Waals surface area contributed by atoms with Crippen LogP contribution in [0.25, 0.3) is 0 Å². The van der Waals surface area contributed by atoms with E-state index < -0.39 is 0 Å². The zero-order valence-electron chi connectivity index (χ0n) is 11.7. The third kappa shape index (κ3) is 3.68. The zero-order chi connectivity index (χ0) is 13.7. The molecule has 1 aliphatic carbocycles. The van der Waals surface area contributed by atoms with Crippen LogP contribution in [0.15, 0.2) is 6.07 Å². The van der Waals surface area contributed by atoms with Gasteiger partial charge in [-0.25, -0.2) is 4.98 Å². The van der Waals surface area contributed by atoms with Crippen molar-refractivity contribution in [2.75, 3.05) is 25.1 Å². The van der Waals surface area contributed by atoms with E-state index in [0.717, 1.165) is 31.6 Å². The standard InChI is InChI=1S/C15H21N3O/c1-11(2)10-19-7-6-17-15-13(9-16)8-12-4-3-5-14(12)18-15/h8,11H,3-7,10H2,1-2H3,(H,17,18). The van der Waals surface area contributed by atoms with Crippen molar-refractivity contribution in [1.82, 2.24) is 4.98 Å². The Balaban J connectivity index is 1.91. The van der Waals surface area contributed by atoms with Crippen LogP contribution in [0.5, 0.6) is 0 Å². The van der Waals surface area contributed by atoms with E-state index in [9.17, 15) is 0 Å². The number of nitrogens with one attached hydrogen (secondary N) is 1. The second kappa shape index (κ2) is 6.53. The number of aryl methyl sites for hydroxylation is 2. The molecule has 0 bridgehead atoms. The van der Waals surface area contributed by atoms with E-state index in [0.29, 0.717) is 30.5 Å². The summed E-state index contributed by atoms with van der Waals surface area (Å²) in [5.41, 5.74) is 3.02. The van der Waals surface area contributed by atoms with Crippen LogP contribution in [0.2, 0.25) is 0 Å². The molecule has 0 aromatic carbocycles. The number of hydrogen-bond acceptors (Lipinski definition) is 4. The van der Waals surface area contributed by atoms with E-state index in [1.807, 2.05) is 6.07 Å². The molecule has 0 unspecified atom stereocenters. The van der Waals surface area contributed by atoms with E-state index >= 15 is 0 Å². The predicted octanol–water partition coefficient (Wildman–Crippen LogP) is 2.53. The van der Waals surface area contributed by atoms with E-state index in [2.05, 4.69) is 30.2 Å². The van der Waals surface area contributed by atoms with Crippen LogP contribution in [0, 0.1) is 17.2 Å². The van der Waals surface area contributed by atoms with Crippen LogP contribution < -0.4 is 5.32 Å². The Kier molecular flexibility index (Phi) is 4.75. The van der Waals surface area contributed by atoms with Gasteiger partial charge in [0.2, 0.25) is 0 Å². The minimum absolute atomic E-state index is 0.549. The van der Waals surface area contributed by atoms with Gasteiger partial charge >= 0.3 is 0 Å². The number of rotatable bonds is 6. The van der Waals surface area contributed by atoms with Gasteiger partial charge in [0.15, 0.2) is 0 Å². The first-order valence-corrected chi connectivity index (χ1v) is 6.95. The van der Waals surface area contributed by atoms with Gasteiger partial charge in [-0.1, -0.05) is 13.8 Å². The average Bonchev–Trinajstić information content (AvgIpc) is 2.83. The lowest BCUT2D eigenvalue weighted by Gasteiger charge is -2.11. The van der Waals surface area contributed by atoms with Gasteiger partial charge in [0.25, 0.3) is 0 Å².